The fourth-order valence-corrected chi connectivity index (χ4v) is 3.77. The molecule has 1 aliphatic rings. The summed E-state index contributed by atoms with van der Waals surface area (Å²) in [6, 6.07) is -2.80. The van der Waals surface area contributed by atoms with E-state index in [9.17, 15) is 28.0 Å². The van der Waals surface area contributed by atoms with E-state index in [1.54, 1.807) is 20.8 Å². The zero-order valence-electron chi connectivity index (χ0n) is 21.9. The molecular formula is C24H40F2N6O5. The Kier molecular flexibility index (Phi) is 14.3. The van der Waals surface area contributed by atoms with Gasteiger partial charge < -0.3 is 27.4 Å². The molecule has 0 heterocycles. The Hall–Kier alpha value is -3.30. The minimum Gasteiger partial charge on any atom is -0.372 e. The first-order valence-electron chi connectivity index (χ1n) is 12.2. The number of nitrogens with two attached hydrogens (primary N) is 2. The first-order chi connectivity index (χ1) is 17.1. The number of nitriles is 1. The summed E-state index contributed by atoms with van der Waals surface area (Å²) < 4.78 is 26.7. The molecule has 3 unspecified atom stereocenters. The molecule has 0 saturated heterocycles. The fourth-order valence-electron chi connectivity index (χ4n) is 3.77. The smallest absolute Gasteiger partial charge is 0.316 e. The molecule has 210 valence electrons. The Morgan fingerprint density at radius 2 is 1.68 bits per heavy atom. The van der Waals surface area contributed by atoms with Crippen LogP contribution in [0, 0.1) is 28.6 Å². The summed E-state index contributed by atoms with van der Waals surface area (Å²) in [7, 11) is 0. The maximum Gasteiger partial charge on any atom is 0.316 e. The Labute approximate surface area is 216 Å². The number of carbonyl (C=O) groups is 5. The minimum absolute atomic E-state index is 0.250. The molecule has 7 N–H and O–H groups in total. The molecule has 0 aromatic rings. The van der Waals surface area contributed by atoms with Crippen LogP contribution >= 0.6 is 0 Å². The largest absolute Gasteiger partial charge is 0.372 e. The molecule has 3 atom stereocenters. The van der Waals surface area contributed by atoms with E-state index in [0.717, 1.165) is 19.3 Å². The van der Waals surface area contributed by atoms with Crippen LogP contribution in [0.4, 0.5) is 13.6 Å². The molecule has 1 rings (SSSR count). The van der Waals surface area contributed by atoms with E-state index in [1.165, 1.54) is 6.07 Å². The number of halogens is 2. The monoisotopic (exact) mass is 530 g/mol. The molecular weight excluding hydrogens is 490 g/mol. The number of primary amides is 2. The average Bonchev–Trinajstić information content (AvgIpc) is 2.74. The number of unbranched alkanes of at least 4 members (excludes halogenated alkanes) is 1. The van der Waals surface area contributed by atoms with E-state index in [0.29, 0.717) is 38.5 Å². The highest BCUT2D eigenvalue weighted by atomic mass is 19.3. The maximum atomic E-state index is 13.4. The molecule has 0 aromatic heterocycles. The lowest BCUT2D eigenvalue weighted by Gasteiger charge is -2.31. The van der Waals surface area contributed by atoms with E-state index in [4.69, 9.17) is 15.8 Å². The van der Waals surface area contributed by atoms with Gasteiger partial charge in [-0.25, -0.2) is 13.6 Å². The van der Waals surface area contributed by atoms with Crippen molar-refractivity contribution in [3.05, 3.63) is 0 Å². The van der Waals surface area contributed by atoms with Gasteiger partial charge in [-0.05, 0) is 30.6 Å². The molecule has 13 heteroatoms. The van der Waals surface area contributed by atoms with Crippen LogP contribution < -0.4 is 27.4 Å². The molecule has 37 heavy (non-hydrogen) atoms. The van der Waals surface area contributed by atoms with Gasteiger partial charge >= 0.3 is 6.03 Å². The predicted molar refractivity (Wildman–Crippen MR) is 132 cm³/mol. The molecule has 11 nitrogen and oxygen atoms in total. The van der Waals surface area contributed by atoms with Crippen molar-refractivity contribution >= 4 is 30.0 Å². The summed E-state index contributed by atoms with van der Waals surface area (Å²) in [5.41, 5.74) is 8.60. The van der Waals surface area contributed by atoms with Crippen LogP contribution in [-0.2, 0) is 19.2 Å². The zero-order valence-corrected chi connectivity index (χ0v) is 21.9. The van der Waals surface area contributed by atoms with Gasteiger partial charge in [0.2, 0.25) is 18.1 Å². The van der Waals surface area contributed by atoms with Crippen LogP contribution in [0.2, 0.25) is 0 Å². The second kappa shape index (κ2) is 15.7. The van der Waals surface area contributed by atoms with Crippen LogP contribution in [0.15, 0.2) is 0 Å². The minimum atomic E-state index is -3.45. The van der Waals surface area contributed by atoms with E-state index in [2.05, 4.69) is 16.4 Å². The summed E-state index contributed by atoms with van der Waals surface area (Å²) in [6.45, 7) is 5.89. The SMILES string of the molecule is CC(C)(C)C(NC(=O)NC(C#N)C(C)(F)F)C(=O)NCCCCC(CC1CCC1)C(=O)C(N)=O.NC=O. The predicted octanol–water partition coefficient (Wildman–Crippen LogP) is 1.50. The van der Waals surface area contributed by atoms with Gasteiger partial charge in [-0.2, -0.15) is 5.26 Å². The van der Waals surface area contributed by atoms with Gasteiger partial charge in [0.15, 0.2) is 6.04 Å². The van der Waals surface area contributed by atoms with E-state index in [-0.39, 0.29) is 13.0 Å². The standard InChI is InChI=1S/C23H37F2N5O4.CH3NO/c1-22(2,3)18(30-21(34)29-16(13-26)23(4,24)25)20(33)28-11-6-5-10-15(17(31)19(27)32)12-14-8-7-9-14;2-1-3/h14-16,18H,5-12H2,1-4H3,(H2,27,32)(H,28,33)(H2,29,30,34);1H,(H2,2,3). The van der Waals surface area contributed by atoms with Crippen molar-refractivity contribution < 1.29 is 32.8 Å². The van der Waals surface area contributed by atoms with Gasteiger partial charge in [0.25, 0.3) is 11.8 Å². The number of rotatable bonds is 13. The molecule has 0 aromatic carbocycles. The highest BCUT2D eigenvalue weighted by molar-refractivity contribution is 6.36. The van der Waals surface area contributed by atoms with Crippen LogP contribution in [-0.4, -0.2) is 54.6 Å². The Morgan fingerprint density at radius 3 is 2.08 bits per heavy atom. The normalized spacial score (nSPS) is 15.8. The van der Waals surface area contributed by atoms with Crippen molar-refractivity contribution in [3.8, 4) is 6.07 Å². The summed E-state index contributed by atoms with van der Waals surface area (Å²) in [5, 5.41) is 15.8. The molecule has 0 aliphatic heterocycles. The van der Waals surface area contributed by atoms with Gasteiger partial charge in [0.1, 0.15) is 6.04 Å². The molecule has 1 saturated carbocycles. The van der Waals surface area contributed by atoms with Crippen molar-refractivity contribution in [2.45, 2.75) is 90.6 Å². The first kappa shape index (κ1) is 33.7. The van der Waals surface area contributed by atoms with Gasteiger partial charge in [0.05, 0.1) is 6.07 Å². The van der Waals surface area contributed by atoms with Crippen LogP contribution in [0.5, 0.6) is 0 Å². The summed E-state index contributed by atoms with van der Waals surface area (Å²) in [4.78, 5) is 56.8. The number of hydrogen-bond acceptors (Lipinski definition) is 6. The molecule has 1 aliphatic carbocycles. The number of nitrogens with one attached hydrogen (secondary N) is 3. The number of urea groups is 1. The molecule has 0 radical (unpaired) electrons. The number of ketones is 1. The Bertz CT molecular complexity index is 831. The summed E-state index contributed by atoms with van der Waals surface area (Å²) in [6.07, 6.45) is 5.78. The van der Waals surface area contributed by atoms with Gasteiger partial charge in [-0.3, -0.25) is 19.2 Å². The molecule has 5 amide bonds. The van der Waals surface area contributed by atoms with Crippen molar-refractivity contribution in [1.29, 1.82) is 5.26 Å². The highest BCUT2D eigenvalue weighted by Gasteiger charge is 2.38. The topological polar surface area (TPSA) is 197 Å². The molecule has 0 bridgehead atoms. The Balaban J connectivity index is 0.00000410. The highest BCUT2D eigenvalue weighted by Crippen LogP contribution is 2.34. The second-order valence-electron chi connectivity index (χ2n) is 10.3. The van der Waals surface area contributed by atoms with Crippen molar-refractivity contribution in [3.63, 3.8) is 0 Å². The van der Waals surface area contributed by atoms with Crippen LogP contribution in [0.25, 0.3) is 0 Å². The fraction of sp³-hybridized carbons (Fsp3) is 0.750. The number of amides is 5. The van der Waals surface area contributed by atoms with Crippen LogP contribution in [0.1, 0.15) is 72.6 Å². The number of Topliss-reactive ketones (excluding diaryl/α,β-unsaturated/α-hetero) is 1. The maximum absolute atomic E-state index is 13.4. The molecule has 1 fully saturated rings. The number of hydrogen-bond donors (Lipinski definition) is 5. The third-order valence-electron chi connectivity index (χ3n) is 6.05. The number of alkyl halides is 2. The number of carbonyl (C=O) groups excluding carboxylic acids is 5. The quantitative estimate of drug-likeness (QED) is 0.136. The third-order valence-corrected chi connectivity index (χ3v) is 6.05. The van der Waals surface area contributed by atoms with Crippen molar-refractivity contribution in [1.82, 2.24) is 16.0 Å². The van der Waals surface area contributed by atoms with Gasteiger partial charge in [0, 0.05) is 19.4 Å². The second-order valence-corrected chi connectivity index (χ2v) is 10.3. The van der Waals surface area contributed by atoms with E-state index >= 15 is 0 Å². The first-order valence-corrected chi connectivity index (χ1v) is 12.2. The number of nitrogens with zero attached hydrogens (tertiary/aromatic N) is 1. The van der Waals surface area contributed by atoms with E-state index in [1.807, 2.05) is 5.32 Å². The van der Waals surface area contributed by atoms with Crippen molar-refractivity contribution in [2.24, 2.45) is 28.7 Å². The zero-order chi connectivity index (χ0) is 28.8. The Morgan fingerprint density at radius 1 is 1.11 bits per heavy atom. The van der Waals surface area contributed by atoms with Gasteiger partial charge in [-0.1, -0.05) is 46.5 Å². The third kappa shape index (κ3) is 13.0. The van der Waals surface area contributed by atoms with E-state index < -0.39 is 53.0 Å². The average molecular weight is 531 g/mol. The lowest BCUT2D eigenvalue weighted by atomic mass is 9.76. The lowest BCUT2D eigenvalue weighted by molar-refractivity contribution is -0.139. The lowest BCUT2D eigenvalue weighted by Crippen LogP contribution is -2.58. The summed E-state index contributed by atoms with van der Waals surface area (Å²) in [5.74, 6) is -5.37. The van der Waals surface area contributed by atoms with Gasteiger partial charge in [-0.15, -0.1) is 0 Å². The summed E-state index contributed by atoms with van der Waals surface area (Å²) >= 11 is 0. The molecule has 0 spiro atoms. The van der Waals surface area contributed by atoms with Crippen LogP contribution in [0.3, 0.4) is 0 Å². The van der Waals surface area contributed by atoms with Crippen molar-refractivity contribution in [2.75, 3.05) is 6.54 Å².